The predicted octanol–water partition coefficient (Wildman–Crippen LogP) is 2.65. The average molecular weight is 314 g/mol. The van der Waals surface area contributed by atoms with Crippen LogP contribution in [0.25, 0.3) is 0 Å². The highest BCUT2D eigenvalue weighted by molar-refractivity contribution is 5.94. The average Bonchev–Trinajstić information content (AvgIpc) is 2.55. The normalized spacial score (nSPS) is 11.6. The van der Waals surface area contributed by atoms with Crippen molar-refractivity contribution in [2.24, 2.45) is 0 Å². The molecule has 0 aromatic heterocycles. The van der Waals surface area contributed by atoms with E-state index in [-0.39, 0.29) is 30.1 Å². The predicted molar refractivity (Wildman–Crippen MR) is 86.2 cm³/mol. The van der Waals surface area contributed by atoms with Crippen molar-refractivity contribution in [1.29, 1.82) is 0 Å². The third-order valence-corrected chi connectivity index (χ3v) is 3.31. The van der Waals surface area contributed by atoms with Gasteiger partial charge in [-0.25, -0.2) is 4.39 Å². The third kappa shape index (κ3) is 5.54. The zero-order valence-electron chi connectivity index (χ0n) is 12.9. The summed E-state index contributed by atoms with van der Waals surface area (Å²) in [7, 11) is 0. The fraction of sp³-hybridized carbons (Fsp3) is 0.222. The number of carbonyl (C=O) groups excluding carboxylic acids is 2. The Kier molecular flexibility index (Phi) is 5.86. The number of hydrogen-bond donors (Lipinski definition) is 2. The highest BCUT2D eigenvalue weighted by Crippen LogP contribution is 2.03. The zero-order valence-corrected chi connectivity index (χ0v) is 12.9. The van der Waals surface area contributed by atoms with Crippen LogP contribution >= 0.6 is 0 Å². The minimum Gasteiger partial charge on any atom is -0.352 e. The first-order valence-corrected chi connectivity index (χ1v) is 7.41. The number of halogens is 1. The number of rotatable bonds is 6. The van der Waals surface area contributed by atoms with Crippen molar-refractivity contribution in [1.82, 2.24) is 10.6 Å². The van der Waals surface area contributed by atoms with Crippen LogP contribution in [0.3, 0.4) is 0 Å². The Morgan fingerprint density at radius 2 is 1.70 bits per heavy atom. The Morgan fingerprint density at radius 1 is 1.04 bits per heavy atom. The first-order valence-electron chi connectivity index (χ1n) is 7.41. The fourth-order valence-electron chi connectivity index (χ4n) is 2.10. The van der Waals surface area contributed by atoms with Crippen LogP contribution in [-0.4, -0.2) is 17.9 Å². The Morgan fingerprint density at radius 3 is 2.35 bits per heavy atom. The van der Waals surface area contributed by atoms with E-state index < -0.39 is 0 Å². The van der Waals surface area contributed by atoms with Gasteiger partial charge in [-0.15, -0.1) is 0 Å². The summed E-state index contributed by atoms with van der Waals surface area (Å²) >= 11 is 0. The van der Waals surface area contributed by atoms with Gasteiger partial charge >= 0.3 is 0 Å². The largest absolute Gasteiger partial charge is 0.352 e. The maximum Gasteiger partial charge on any atom is 0.251 e. The van der Waals surface area contributed by atoms with Crippen LogP contribution in [0, 0.1) is 5.82 Å². The molecule has 0 fully saturated rings. The van der Waals surface area contributed by atoms with Gasteiger partial charge in [0.25, 0.3) is 5.91 Å². The standard InChI is InChI=1S/C18H19FN2O2/c1-13(21-18(23)15-5-3-2-4-6-15)11-17(22)20-12-14-7-9-16(19)10-8-14/h2-10,13H,11-12H2,1H3,(H,20,22)(H,21,23). The SMILES string of the molecule is CC(CC(=O)NCc1ccc(F)cc1)NC(=O)c1ccccc1. The monoisotopic (exact) mass is 314 g/mol. The number of nitrogens with one attached hydrogen (secondary N) is 2. The fourth-order valence-corrected chi connectivity index (χ4v) is 2.10. The summed E-state index contributed by atoms with van der Waals surface area (Å²) in [5, 5.41) is 5.53. The van der Waals surface area contributed by atoms with Gasteiger partial charge in [0.15, 0.2) is 0 Å². The lowest BCUT2D eigenvalue weighted by atomic mass is 10.1. The second-order valence-corrected chi connectivity index (χ2v) is 5.35. The van der Waals surface area contributed by atoms with Gasteiger partial charge in [0, 0.05) is 24.6 Å². The minimum atomic E-state index is -0.308. The topological polar surface area (TPSA) is 58.2 Å². The first-order chi connectivity index (χ1) is 11.0. The van der Waals surface area contributed by atoms with E-state index >= 15 is 0 Å². The van der Waals surface area contributed by atoms with Crippen LogP contribution in [0.15, 0.2) is 54.6 Å². The maximum absolute atomic E-state index is 12.8. The molecule has 0 aliphatic rings. The van der Waals surface area contributed by atoms with E-state index in [1.807, 2.05) is 6.07 Å². The molecule has 1 atom stereocenters. The number of benzene rings is 2. The molecule has 0 saturated heterocycles. The van der Waals surface area contributed by atoms with Crippen molar-refractivity contribution in [2.45, 2.75) is 25.9 Å². The molecule has 23 heavy (non-hydrogen) atoms. The van der Waals surface area contributed by atoms with Gasteiger partial charge in [-0.3, -0.25) is 9.59 Å². The Bertz CT molecular complexity index is 656. The zero-order chi connectivity index (χ0) is 16.7. The van der Waals surface area contributed by atoms with Gasteiger partial charge < -0.3 is 10.6 Å². The van der Waals surface area contributed by atoms with Crippen molar-refractivity contribution in [3.63, 3.8) is 0 Å². The summed E-state index contributed by atoms with van der Waals surface area (Å²) in [6.45, 7) is 2.11. The summed E-state index contributed by atoms with van der Waals surface area (Å²) in [5.74, 6) is -0.683. The molecule has 0 saturated carbocycles. The molecular weight excluding hydrogens is 295 g/mol. The lowest BCUT2D eigenvalue weighted by Crippen LogP contribution is -2.37. The molecular formula is C18H19FN2O2. The van der Waals surface area contributed by atoms with Crippen LogP contribution in [-0.2, 0) is 11.3 Å². The molecule has 0 aliphatic heterocycles. The molecule has 4 nitrogen and oxygen atoms in total. The van der Waals surface area contributed by atoms with Crippen molar-refractivity contribution in [3.05, 3.63) is 71.5 Å². The molecule has 0 bridgehead atoms. The van der Waals surface area contributed by atoms with E-state index in [0.717, 1.165) is 5.56 Å². The lowest BCUT2D eigenvalue weighted by Gasteiger charge is -2.14. The van der Waals surface area contributed by atoms with E-state index in [2.05, 4.69) is 10.6 Å². The Balaban J connectivity index is 1.76. The van der Waals surface area contributed by atoms with Gasteiger partial charge in [0.05, 0.1) is 0 Å². The second-order valence-electron chi connectivity index (χ2n) is 5.35. The summed E-state index contributed by atoms with van der Waals surface area (Å²) in [4.78, 5) is 23.8. The van der Waals surface area contributed by atoms with Crippen molar-refractivity contribution in [2.75, 3.05) is 0 Å². The molecule has 2 N–H and O–H groups in total. The van der Waals surface area contributed by atoms with E-state index in [9.17, 15) is 14.0 Å². The van der Waals surface area contributed by atoms with Crippen molar-refractivity contribution in [3.8, 4) is 0 Å². The molecule has 0 spiro atoms. The van der Waals surface area contributed by atoms with E-state index in [1.165, 1.54) is 12.1 Å². The van der Waals surface area contributed by atoms with Crippen molar-refractivity contribution < 1.29 is 14.0 Å². The Hall–Kier alpha value is -2.69. The molecule has 2 aromatic carbocycles. The van der Waals surface area contributed by atoms with Crippen LogP contribution < -0.4 is 10.6 Å². The first kappa shape index (κ1) is 16.7. The molecule has 0 heterocycles. The van der Waals surface area contributed by atoms with E-state index in [0.29, 0.717) is 12.1 Å². The maximum atomic E-state index is 12.8. The van der Waals surface area contributed by atoms with Gasteiger partial charge in [-0.2, -0.15) is 0 Å². The van der Waals surface area contributed by atoms with Crippen LogP contribution in [0.4, 0.5) is 4.39 Å². The van der Waals surface area contributed by atoms with E-state index in [4.69, 9.17) is 0 Å². The Labute approximate surface area is 134 Å². The van der Waals surface area contributed by atoms with Gasteiger partial charge in [0.1, 0.15) is 5.82 Å². The highest BCUT2D eigenvalue weighted by atomic mass is 19.1. The van der Waals surface area contributed by atoms with Gasteiger partial charge in [-0.05, 0) is 36.8 Å². The molecule has 2 rings (SSSR count). The summed E-state index contributed by atoms with van der Waals surface area (Å²) in [5.41, 5.74) is 1.38. The third-order valence-electron chi connectivity index (χ3n) is 3.31. The molecule has 1 unspecified atom stereocenters. The van der Waals surface area contributed by atoms with Crippen LogP contribution in [0.5, 0.6) is 0 Å². The van der Waals surface area contributed by atoms with Crippen molar-refractivity contribution >= 4 is 11.8 Å². The smallest absolute Gasteiger partial charge is 0.251 e. The van der Waals surface area contributed by atoms with Gasteiger partial charge in [0.2, 0.25) is 5.91 Å². The van der Waals surface area contributed by atoms with E-state index in [1.54, 1.807) is 43.3 Å². The molecule has 120 valence electrons. The second kappa shape index (κ2) is 8.08. The molecule has 2 amide bonds. The number of amides is 2. The summed E-state index contributed by atoms with van der Waals surface area (Å²) < 4.78 is 12.8. The lowest BCUT2D eigenvalue weighted by molar-refractivity contribution is -0.121. The molecule has 0 aliphatic carbocycles. The summed E-state index contributed by atoms with van der Waals surface area (Å²) in [6.07, 6.45) is 0.180. The summed E-state index contributed by atoms with van der Waals surface area (Å²) in [6, 6.07) is 14.5. The van der Waals surface area contributed by atoms with Crippen LogP contribution in [0.2, 0.25) is 0 Å². The number of carbonyl (C=O) groups is 2. The molecule has 5 heteroatoms. The quantitative estimate of drug-likeness (QED) is 0.861. The minimum absolute atomic E-state index is 0.171. The van der Waals surface area contributed by atoms with Gasteiger partial charge in [-0.1, -0.05) is 30.3 Å². The molecule has 2 aromatic rings. The molecule has 0 radical (unpaired) electrons. The number of hydrogen-bond acceptors (Lipinski definition) is 2. The van der Waals surface area contributed by atoms with Crippen LogP contribution in [0.1, 0.15) is 29.3 Å². The highest BCUT2D eigenvalue weighted by Gasteiger charge is 2.12.